The standard InChI is InChI=1S/C20H20F2N2O4/c1-27-16-7-6-12(10-17(16)28-20(21)22)8-9-23-19(26)14-11-18(25)24-15-5-3-2-4-13(14)15/h2-7,10,14,20H,8-9,11H2,1H3,(H,23,26)(H,24,25). The Morgan fingerprint density at radius 2 is 2.04 bits per heavy atom. The van der Waals surface area contributed by atoms with E-state index in [0.29, 0.717) is 24.2 Å². The van der Waals surface area contributed by atoms with E-state index in [2.05, 4.69) is 15.4 Å². The van der Waals surface area contributed by atoms with Crippen molar-refractivity contribution < 1.29 is 27.8 Å². The first-order valence-corrected chi connectivity index (χ1v) is 8.76. The van der Waals surface area contributed by atoms with Crippen LogP contribution in [0.4, 0.5) is 14.5 Å². The molecule has 0 saturated heterocycles. The molecule has 8 heteroatoms. The average molecular weight is 390 g/mol. The van der Waals surface area contributed by atoms with Gasteiger partial charge in [-0.3, -0.25) is 9.59 Å². The van der Waals surface area contributed by atoms with Crippen molar-refractivity contribution in [2.45, 2.75) is 25.4 Å². The SMILES string of the molecule is COc1ccc(CCNC(=O)C2CC(=O)Nc3ccccc32)cc1OC(F)F. The number of para-hydroxylation sites is 1. The number of hydrogen-bond donors (Lipinski definition) is 2. The van der Waals surface area contributed by atoms with Crippen LogP contribution in [0.2, 0.25) is 0 Å². The fraction of sp³-hybridized carbons (Fsp3) is 0.300. The van der Waals surface area contributed by atoms with Gasteiger partial charge in [-0.25, -0.2) is 0 Å². The smallest absolute Gasteiger partial charge is 0.387 e. The second-order valence-electron chi connectivity index (χ2n) is 6.30. The highest BCUT2D eigenvalue weighted by molar-refractivity contribution is 6.01. The van der Waals surface area contributed by atoms with Gasteiger partial charge in [0.05, 0.1) is 13.0 Å². The van der Waals surface area contributed by atoms with Crippen LogP contribution in [0.5, 0.6) is 11.5 Å². The van der Waals surface area contributed by atoms with Gasteiger partial charge in [0.25, 0.3) is 0 Å². The third-order valence-electron chi connectivity index (χ3n) is 4.47. The fourth-order valence-electron chi connectivity index (χ4n) is 3.16. The van der Waals surface area contributed by atoms with E-state index < -0.39 is 12.5 Å². The molecule has 0 bridgehead atoms. The fourth-order valence-corrected chi connectivity index (χ4v) is 3.16. The maximum Gasteiger partial charge on any atom is 0.387 e. The number of methoxy groups -OCH3 is 1. The predicted molar refractivity (Wildman–Crippen MR) is 98.8 cm³/mol. The number of carbonyl (C=O) groups excluding carboxylic acids is 2. The van der Waals surface area contributed by atoms with Gasteiger partial charge in [0.2, 0.25) is 11.8 Å². The third-order valence-corrected chi connectivity index (χ3v) is 4.47. The number of rotatable bonds is 7. The first-order chi connectivity index (χ1) is 13.5. The molecule has 3 rings (SSSR count). The van der Waals surface area contributed by atoms with E-state index in [1.165, 1.54) is 19.2 Å². The maximum absolute atomic E-state index is 12.6. The van der Waals surface area contributed by atoms with E-state index in [0.717, 1.165) is 5.56 Å². The summed E-state index contributed by atoms with van der Waals surface area (Å²) in [5.41, 5.74) is 2.12. The van der Waals surface area contributed by atoms with E-state index >= 15 is 0 Å². The third kappa shape index (κ3) is 4.57. The first-order valence-electron chi connectivity index (χ1n) is 8.76. The minimum absolute atomic E-state index is 0.0563. The molecule has 1 aliphatic rings. The lowest BCUT2D eigenvalue weighted by atomic mass is 9.90. The Hall–Kier alpha value is -3.16. The molecule has 0 aliphatic carbocycles. The van der Waals surface area contributed by atoms with Crippen LogP contribution < -0.4 is 20.1 Å². The molecule has 0 radical (unpaired) electrons. The van der Waals surface area contributed by atoms with Crippen molar-refractivity contribution in [1.82, 2.24) is 5.32 Å². The number of amides is 2. The van der Waals surface area contributed by atoms with Crippen molar-refractivity contribution in [3.63, 3.8) is 0 Å². The highest BCUT2D eigenvalue weighted by atomic mass is 19.3. The molecule has 1 heterocycles. The number of nitrogens with one attached hydrogen (secondary N) is 2. The summed E-state index contributed by atoms with van der Waals surface area (Å²) in [6, 6.07) is 11.9. The van der Waals surface area contributed by atoms with Crippen molar-refractivity contribution in [1.29, 1.82) is 0 Å². The Balaban J connectivity index is 1.62. The van der Waals surface area contributed by atoms with Gasteiger partial charge >= 0.3 is 6.61 Å². The normalized spacial score (nSPS) is 15.6. The molecule has 0 fully saturated rings. The summed E-state index contributed by atoms with van der Waals surface area (Å²) < 4.78 is 34.5. The molecule has 2 N–H and O–H groups in total. The number of benzene rings is 2. The molecule has 1 atom stereocenters. The van der Waals surface area contributed by atoms with Gasteiger partial charge in [0, 0.05) is 18.7 Å². The van der Waals surface area contributed by atoms with Gasteiger partial charge < -0.3 is 20.1 Å². The van der Waals surface area contributed by atoms with E-state index in [9.17, 15) is 18.4 Å². The van der Waals surface area contributed by atoms with E-state index in [4.69, 9.17) is 4.74 Å². The molecule has 28 heavy (non-hydrogen) atoms. The number of halogens is 2. The second kappa shape index (κ2) is 8.69. The lowest BCUT2D eigenvalue weighted by molar-refractivity contribution is -0.126. The number of hydrogen-bond acceptors (Lipinski definition) is 4. The van der Waals surface area contributed by atoms with E-state index in [-0.39, 0.29) is 29.7 Å². The molecule has 0 saturated carbocycles. The number of anilines is 1. The Labute approximate surface area is 160 Å². The molecular weight excluding hydrogens is 370 g/mol. The first kappa shape index (κ1) is 19.6. The van der Waals surface area contributed by atoms with Crippen molar-refractivity contribution in [2.75, 3.05) is 19.0 Å². The molecular formula is C20H20F2N2O4. The summed E-state index contributed by atoms with van der Waals surface area (Å²) in [5.74, 6) is -0.863. The number of carbonyl (C=O) groups is 2. The maximum atomic E-state index is 12.6. The van der Waals surface area contributed by atoms with Crippen molar-refractivity contribution in [2.24, 2.45) is 0 Å². The largest absolute Gasteiger partial charge is 0.493 e. The average Bonchev–Trinajstić information content (AvgIpc) is 2.67. The zero-order valence-electron chi connectivity index (χ0n) is 15.2. The molecule has 1 unspecified atom stereocenters. The van der Waals surface area contributed by atoms with Crippen LogP contribution in [-0.2, 0) is 16.0 Å². The van der Waals surface area contributed by atoms with Crippen LogP contribution in [0.1, 0.15) is 23.5 Å². The minimum Gasteiger partial charge on any atom is -0.493 e. The molecule has 148 valence electrons. The Kier molecular flexibility index (Phi) is 6.08. The van der Waals surface area contributed by atoms with Crippen LogP contribution >= 0.6 is 0 Å². The van der Waals surface area contributed by atoms with Crippen LogP contribution in [0.3, 0.4) is 0 Å². The number of alkyl halides is 2. The second-order valence-corrected chi connectivity index (χ2v) is 6.30. The van der Waals surface area contributed by atoms with Gasteiger partial charge in [-0.05, 0) is 35.7 Å². The summed E-state index contributed by atoms with van der Waals surface area (Å²) in [7, 11) is 1.37. The lowest BCUT2D eigenvalue weighted by Crippen LogP contribution is -2.35. The Morgan fingerprint density at radius 1 is 1.25 bits per heavy atom. The van der Waals surface area contributed by atoms with Gasteiger partial charge in [-0.1, -0.05) is 24.3 Å². The van der Waals surface area contributed by atoms with Crippen molar-refractivity contribution in [3.8, 4) is 11.5 Å². The number of ether oxygens (including phenoxy) is 2. The monoisotopic (exact) mass is 390 g/mol. The highest BCUT2D eigenvalue weighted by Crippen LogP contribution is 2.32. The molecule has 2 amide bonds. The van der Waals surface area contributed by atoms with Gasteiger partial charge in [-0.2, -0.15) is 8.78 Å². The van der Waals surface area contributed by atoms with E-state index in [1.54, 1.807) is 18.2 Å². The van der Waals surface area contributed by atoms with Crippen molar-refractivity contribution in [3.05, 3.63) is 53.6 Å². The summed E-state index contributed by atoms with van der Waals surface area (Å²) in [6.07, 6.45) is 0.494. The van der Waals surface area contributed by atoms with Gasteiger partial charge in [0.15, 0.2) is 11.5 Å². The van der Waals surface area contributed by atoms with Crippen LogP contribution in [0, 0.1) is 0 Å². The Bertz CT molecular complexity index is 873. The summed E-state index contributed by atoms with van der Waals surface area (Å²) >= 11 is 0. The topological polar surface area (TPSA) is 76.7 Å². The van der Waals surface area contributed by atoms with E-state index in [1.807, 2.05) is 12.1 Å². The quantitative estimate of drug-likeness (QED) is 0.762. The molecule has 6 nitrogen and oxygen atoms in total. The van der Waals surface area contributed by atoms with Crippen LogP contribution in [0.15, 0.2) is 42.5 Å². The number of fused-ring (bicyclic) bond motifs is 1. The highest BCUT2D eigenvalue weighted by Gasteiger charge is 2.30. The molecule has 0 spiro atoms. The molecule has 1 aliphatic heterocycles. The van der Waals surface area contributed by atoms with Crippen LogP contribution in [-0.4, -0.2) is 32.1 Å². The van der Waals surface area contributed by atoms with Crippen molar-refractivity contribution >= 4 is 17.5 Å². The van der Waals surface area contributed by atoms with Gasteiger partial charge in [0.1, 0.15) is 0 Å². The predicted octanol–water partition coefficient (Wildman–Crippen LogP) is 3.08. The minimum atomic E-state index is -2.96. The molecule has 2 aromatic rings. The molecule has 0 aromatic heterocycles. The summed E-state index contributed by atoms with van der Waals surface area (Å²) in [6.45, 7) is -2.67. The lowest BCUT2D eigenvalue weighted by Gasteiger charge is -2.24. The summed E-state index contributed by atoms with van der Waals surface area (Å²) in [4.78, 5) is 24.4. The molecule has 2 aromatic carbocycles. The Morgan fingerprint density at radius 3 is 2.79 bits per heavy atom. The zero-order chi connectivity index (χ0) is 20.1. The summed E-state index contributed by atoms with van der Waals surface area (Å²) in [5, 5.41) is 5.57. The van der Waals surface area contributed by atoms with Crippen LogP contribution in [0.25, 0.3) is 0 Å². The van der Waals surface area contributed by atoms with Gasteiger partial charge in [-0.15, -0.1) is 0 Å². The zero-order valence-corrected chi connectivity index (χ0v) is 15.2.